The van der Waals surface area contributed by atoms with Gasteiger partial charge in [0.05, 0.1) is 0 Å². The van der Waals surface area contributed by atoms with E-state index in [9.17, 15) is 19.8 Å². The van der Waals surface area contributed by atoms with Crippen molar-refractivity contribution >= 4 is 11.9 Å². The van der Waals surface area contributed by atoms with Gasteiger partial charge >= 0.3 is 11.9 Å². The Morgan fingerprint density at radius 2 is 0.964 bits per heavy atom. The Morgan fingerprint density at radius 3 is 1.18 bits per heavy atom. The second-order valence-corrected chi connectivity index (χ2v) is 8.94. The van der Waals surface area contributed by atoms with Crippen molar-refractivity contribution in [2.24, 2.45) is 23.7 Å². The lowest BCUT2D eigenvalue weighted by Gasteiger charge is -2.22. The number of rotatable bonds is 16. The van der Waals surface area contributed by atoms with Crippen LogP contribution < -0.4 is 0 Å². The Kier molecular flexibility index (Phi) is 14.0. The fourth-order valence-corrected chi connectivity index (χ4v) is 3.99. The summed E-state index contributed by atoms with van der Waals surface area (Å²) in [4.78, 5) is 23.7. The van der Waals surface area contributed by atoms with E-state index in [0.717, 1.165) is 51.4 Å². The summed E-state index contributed by atoms with van der Waals surface area (Å²) in [6.07, 6.45) is 8.88. The minimum atomic E-state index is -1.06. The summed E-state index contributed by atoms with van der Waals surface area (Å²) in [7, 11) is 0. The van der Waals surface area contributed by atoms with Gasteiger partial charge < -0.3 is 10.2 Å². The summed E-state index contributed by atoms with van der Waals surface area (Å²) in [6, 6.07) is 0. The molecule has 0 saturated carbocycles. The first-order valence-electron chi connectivity index (χ1n) is 11.3. The average molecular weight is 397 g/mol. The van der Waals surface area contributed by atoms with Gasteiger partial charge in [-0.05, 0) is 49.4 Å². The first-order chi connectivity index (χ1) is 13.1. The summed E-state index contributed by atoms with van der Waals surface area (Å²) in [5.41, 5.74) is 0.236. The number of hydrogen-bond acceptors (Lipinski definition) is 2. The molecule has 0 aromatic rings. The van der Waals surface area contributed by atoms with Gasteiger partial charge in [-0.2, -0.15) is 0 Å². The molecule has 28 heavy (non-hydrogen) atoms. The Morgan fingerprint density at radius 1 is 0.643 bits per heavy atom. The topological polar surface area (TPSA) is 74.6 Å². The first-order valence-corrected chi connectivity index (χ1v) is 11.3. The standard InChI is InChI=1S/C24H44O4/c1-7-9-11-19(17(3)4)13-15-21(23(25)26)22(24(27)28)16-14-20(18(5)6)12-10-8-2/h17-20H,7-16H2,1-6H3,(H,25,26)(H,27,28)/b22-21-. The summed E-state index contributed by atoms with van der Waals surface area (Å²) >= 11 is 0. The van der Waals surface area contributed by atoms with Crippen LogP contribution in [-0.2, 0) is 9.59 Å². The van der Waals surface area contributed by atoms with E-state index >= 15 is 0 Å². The number of aliphatic carboxylic acids is 2. The van der Waals surface area contributed by atoms with Crippen LogP contribution in [0.25, 0.3) is 0 Å². The van der Waals surface area contributed by atoms with E-state index < -0.39 is 11.9 Å². The van der Waals surface area contributed by atoms with Crippen LogP contribution in [0.4, 0.5) is 0 Å². The van der Waals surface area contributed by atoms with E-state index in [1.165, 1.54) is 0 Å². The largest absolute Gasteiger partial charge is 0.478 e. The normalized spacial score (nSPS) is 14.9. The van der Waals surface area contributed by atoms with Crippen LogP contribution in [-0.4, -0.2) is 22.2 Å². The molecule has 0 amide bonds. The maximum atomic E-state index is 11.9. The Hall–Kier alpha value is -1.32. The maximum absolute atomic E-state index is 11.9. The van der Waals surface area contributed by atoms with Crippen molar-refractivity contribution in [1.29, 1.82) is 0 Å². The summed E-state index contributed by atoms with van der Waals surface area (Å²) < 4.78 is 0. The molecule has 164 valence electrons. The molecule has 2 atom stereocenters. The van der Waals surface area contributed by atoms with Gasteiger partial charge in [0, 0.05) is 11.1 Å². The van der Waals surface area contributed by atoms with Crippen LogP contribution >= 0.6 is 0 Å². The highest BCUT2D eigenvalue weighted by atomic mass is 16.4. The van der Waals surface area contributed by atoms with Crippen molar-refractivity contribution in [3.8, 4) is 0 Å². The highest BCUT2D eigenvalue weighted by Crippen LogP contribution is 2.30. The lowest BCUT2D eigenvalue weighted by molar-refractivity contribution is -0.136. The van der Waals surface area contributed by atoms with Crippen molar-refractivity contribution in [2.75, 3.05) is 0 Å². The van der Waals surface area contributed by atoms with E-state index in [-0.39, 0.29) is 11.1 Å². The Bertz CT molecular complexity index is 447. The molecular formula is C24H44O4. The van der Waals surface area contributed by atoms with Crippen LogP contribution in [0, 0.1) is 23.7 Å². The fourth-order valence-electron chi connectivity index (χ4n) is 3.99. The van der Waals surface area contributed by atoms with E-state index in [1.54, 1.807) is 0 Å². The zero-order valence-electron chi connectivity index (χ0n) is 19.1. The van der Waals surface area contributed by atoms with Gasteiger partial charge in [-0.15, -0.1) is 0 Å². The summed E-state index contributed by atoms with van der Waals surface area (Å²) in [6.45, 7) is 13.0. The minimum absolute atomic E-state index is 0.118. The van der Waals surface area contributed by atoms with E-state index in [0.29, 0.717) is 36.5 Å². The number of carboxylic acids is 2. The molecule has 0 heterocycles. The molecule has 0 spiro atoms. The number of hydrogen-bond donors (Lipinski definition) is 2. The van der Waals surface area contributed by atoms with Crippen molar-refractivity contribution < 1.29 is 19.8 Å². The van der Waals surface area contributed by atoms with Gasteiger partial charge in [0.1, 0.15) is 0 Å². The molecule has 2 N–H and O–H groups in total. The van der Waals surface area contributed by atoms with Gasteiger partial charge in [0.15, 0.2) is 0 Å². The first kappa shape index (κ1) is 26.7. The Balaban J connectivity index is 5.33. The van der Waals surface area contributed by atoms with Gasteiger partial charge in [-0.1, -0.05) is 80.1 Å². The molecule has 4 heteroatoms. The second kappa shape index (κ2) is 14.6. The van der Waals surface area contributed by atoms with Gasteiger partial charge in [0.2, 0.25) is 0 Å². The molecule has 0 aliphatic rings. The molecule has 0 aliphatic carbocycles. The van der Waals surface area contributed by atoms with Crippen LogP contribution in [0.5, 0.6) is 0 Å². The lowest BCUT2D eigenvalue weighted by Crippen LogP contribution is -2.17. The third-order valence-electron chi connectivity index (χ3n) is 6.15. The fraction of sp³-hybridized carbons (Fsp3) is 0.833. The zero-order valence-corrected chi connectivity index (χ0v) is 19.1. The van der Waals surface area contributed by atoms with Crippen LogP contribution in [0.3, 0.4) is 0 Å². The maximum Gasteiger partial charge on any atom is 0.332 e. The van der Waals surface area contributed by atoms with Gasteiger partial charge in [-0.25, -0.2) is 9.59 Å². The highest BCUT2D eigenvalue weighted by Gasteiger charge is 2.24. The van der Waals surface area contributed by atoms with E-state index in [1.807, 2.05) is 0 Å². The third-order valence-corrected chi connectivity index (χ3v) is 6.15. The monoisotopic (exact) mass is 396 g/mol. The predicted octanol–water partition coefficient (Wildman–Crippen LogP) is 6.94. The van der Waals surface area contributed by atoms with E-state index in [2.05, 4.69) is 41.5 Å². The van der Waals surface area contributed by atoms with Crippen molar-refractivity contribution in [1.82, 2.24) is 0 Å². The smallest absolute Gasteiger partial charge is 0.332 e. The van der Waals surface area contributed by atoms with Crippen LogP contribution in [0.2, 0.25) is 0 Å². The molecular weight excluding hydrogens is 352 g/mol. The predicted molar refractivity (Wildman–Crippen MR) is 116 cm³/mol. The second-order valence-electron chi connectivity index (χ2n) is 8.94. The molecule has 0 aromatic heterocycles. The van der Waals surface area contributed by atoms with Gasteiger partial charge in [0.25, 0.3) is 0 Å². The quantitative estimate of drug-likeness (QED) is 0.277. The SMILES string of the molecule is CCCCC(CC/C(C(=O)O)=C(\CCC(CCCC)C(C)C)C(=O)O)C(C)C. The highest BCUT2D eigenvalue weighted by molar-refractivity contribution is 5.98. The molecule has 0 aliphatic heterocycles. The lowest BCUT2D eigenvalue weighted by atomic mass is 9.83. The molecule has 2 unspecified atom stereocenters. The summed E-state index contributed by atoms with van der Waals surface area (Å²) in [5.74, 6) is -0.284. The van der Waals surface area contributed by atoms with E-state index in [4.69, 9.17) is 0 Å². The average Bonchev–Trinajstić information content (AvgIpc) is 2.61. The Labute approximate surface area is 172 Å². The third kappa shape index (κ3) is 10.3. The molecule has 0 bridgehead atoms. The summed E-state index contributed by atoms with van der Waals surface area (Å²) in [5, 5.41) is 19.4. The van der Waals surface area contributed by atoms with Crippen LogP contribution in [0.1, 0.15) is 106 Å². The number of carboxylic acid groups (broad SMARTS) is 2. The molecule has 0 saturated heterocycles. The van der Waals surface area contributed by atoms with Crippen molar-refractivity contribution in [3.05, 3.63) is 11.1 Å². The molecule has 0 aromatic carbocycles. The minimum Gasteiger partial charge on any atom is -0.478 e. The van der Waals surface area contributed by atoms with Crippen molar-refractivity contribution in [2.45, 2.75) is 106 Å². The van der Waals surface area contributed by atoms with Gasteiger partial charge in [-0.3, -0.25) is 0 Å². The molecule has 0 radical (unpaired) electrons. The zero-order chi connectivity index (χ0) is 21.7. The molecule has 0 fully saturated rings. The number of carbonyl (C=O) groups is 2. The molecule has 0 rings (SSSR count). The molecule has 4 nitrogen and oxygen atoms in total. The van der Waals surface area contributed by atoms with Crippen LogP contribution in [0.15, 0.2) is 11.1 Å². The number of unbranched alkanes of at least 4 members (excludes halogenated alkanes) is 2. The van der Waals surface area contributed by atoms with Crippen molar-refractivity contribution in [3.63, 3.8) is 0 Å².